The van der Waals surface area contributed by atoms with Crippen LogP contribution >= 0.6 is 11.8 Å². The number of fused-ring (bicyclic) bond motifs is 2. The lowest BCUT2D eigenvalue weighted by atomic mass is 10.0. The highest BCUT2D eigenvalue weighted by atomic mass is 32.2. The van der Waals surface area contributed by atoms with Gasteiger partial charge >= 0.3 is 0 Å². The van der Waals surface area contributed by atoms with Crippen molar-refractivity contribution in [3.63, 3.8) is 0 Å². The molecule has 2 atom stereocenters. The van der Waals surface area contributed by atoms with Gasteiger partial charge in [-0.2, -0.15) is 5.10 Å². The minimum absolute atomic E-state index is 0.0568. The van der Waals surface area contributed by atoms with Crippen molar-refractivity contribution in [3.8, 4) is 5.69 Å². The molecule has 0 saturated carbocycles. The standard InChI is InChI=1S/C19H20FN5O2S/c20-14-3-1-2-4-15(14)25-9-13(7-21-25)8-22-5-6-23-16(10-22)18(26)24-12-28-11-17(24)19(23)27/h1-4,7,9,16-17H,5-6,8,10-12H2/t16-,17+/m1/s1. The number of aromatic nitrogens is 2. The van der Waals surface area contributed by atoms with Gasteiger partial charge in [-0.3, -0.25) is 14.5 Å². The van der Waals surface area contributed by atoms with Gasteiger partial charge in [-0.25, -0.2) is 9.07 Å². The molecule has 3 aliphatic heterocycles. The van der Waals surface area contributed by atoms with Crippen LogP contribution in [0, 0.1) is 5.82 Å². The van der Waals surface area contributed by atoms with Crippen molar-refractivity contribution < 1.29 is 14.0 Å². The fourth-order valence-corrected chi connectivity index (χ4v) is 5.33. The molecule has 0 bridgehead atoms. The second-order valence-electron chi connectivity index (χ2n) is 7.35. The number of para-hydroxylation sites is 1. The van der Waals surface area contributed by atoms with Gasteiger partial charge in [0.1, 0.15) is 23.6 Å². The van der Waals surface area contributed by atoms with Gasteiger partial charge in [0.25, 0.3) is 0 Å². The van der Waals surface area contributed by atoms with Gasteiger partial charge in [0, 0.05) is 43.7 Å². The Morgan fingerprint density at radius 2 is 1.93 bits per heavy atom. The average molecular weight is 401 g/mol. The second-order valence-corrected chi connectivity index (χ2v) is 8.35. The minimum Gasteiger partial charge on any atom is -0.326 e. The fourth-order valence-electron chi connectivity index (χ4n) is 4.17. The predicted octanol–water partition coefficient (Wildman–Crippen LogP) is 0.939. The summed E-state index contributed by atoms with van der Waals surface area (Å²) in [5, 5.41) is 4.27. The summed E-state index contributed by atoms with van der Waals surface area (Å²) < 4.78 is 15.5. The van der Waals surface area contributed by atoms with E-state index in [2.05, 4.69) is 10.00 Å². The first-order valence-corrected chi connectivity index (χ1v) is 10.5. The molecule has 2 amide bonds. The summed E-state index contributed by atoms with van der Waals surface area (Å²) in [5.41, 5.74) is 1.35. The van der Waals surface area contributed by atoms with E-state index in [0.29, 0.717) is 43.5 Å². The number of hydrogen-bond donors (Lipinski definition) is 0. The zero-order valence-electron chi connectivity index (χ0n) is 15.2. The van der Waals surface area contributed by atoms with Gasteiger partial charge < -0.3 is 9.80 Å². The van der Waals surface area contributed by atoms with Crippen molar-refractivity contribution in [2.45, 2.75) is 18.6 Å². The number of piperazine rings is 2. The Morgan fingerprint density at radius 1 is 1.11 bits per heavy atom. The summed E-state index contributed by atoms with van der Waals surface area (Å²) in [6, 6.07) is 5.83. The van der Waals surface area contributed by atoms with Crippen LogP contribution in [0.3, 0.4) is 0 Å². The molecule has 0 unspecified atom stereocenters. The molecule has 28 heavy (non-hydrogen) atoms. The van der Waals surface area contributed by atoms with E-state index in [1.807, 2.05) is 6.20 Å². The fraction of sp³-hybridized carbons (Fsp3) is 0.421. The van der Waals surface area contributed by atoms with Crippen LogP contribution in [-0.2, 0) is 16.1 Å². The lowest BCUT2D eigenvalue weighted by Gasteiger charge is -2.47. The quantitative estimate of drug-likeness (QED) is 0.766. The van der Waals surface area contributed by atoms with Crippen LogP contribution in [-0.4, -0.2) is 79.6 Å². The molecular formula is C19H20FN5O2S. The van der Waals surface area contributed by atoms with Crippen molar-refractivity contribution >= 4 is 23.6 Å². The first-order valence-electron chi connectivity index (χ1n) is 9.31. The lowest BCUT2D eigenvalue weighted by molar-refractivity contribution is -0.162. The average Bonchev–Trinajstić information content (AvgIpc) is 3.36. The van der Waals surface area contributed by atoms with Crippen molar-refractivity contribution in [1.82, 2.24) is 24.5 Å². The molecule has 3 aliphatic rings. The summed E-state index contributed by atoms with van der Waals surface area (Å²) in [7, 11) is 0. The largest absolute Gasteiger partial charge is 0.326 e. The Bertz CT molecular complexity index is 935. The molecule has 0 radical (unpaired) electrons. The third-order valence-corrected chi connectivity index (χ3v) is 6.64. The van der Waals surface area contributed by atoms with E-state index in [9.17, 15) is 14.0 Å². The molecule has 1 aromatic heterocycles. The van der Waals surface area contributed by atoms with E-state index in [-0.39, 0.29) is 23.7 Å². The first-order chi connectivity index (χ1) is 13.6. The Kier molecular flexibility index (Phi) is 4.36. The van der Waals surface area contributed by atoms with Gasteiger partial charge in [-0.1, -0.05) is 12.1 Å². The zero-order valence-corrected chi connectivity index (χ0v) is 16.0. The van der Waals surface area contributed by atoms with Crippen molar-refractivity contribution in [2.24, 2.45) is 0 Å². The van der Waals surface area contributed by atoms with Crippen LogP contribution in [0.15, 0.2) is 36.7 Å². The molecule has 2 aromatic rings. The number of halogens is 1. The maximum Gasteiger partial charge on any atom is 0.248 e. The van der Waals surface area contributed by atoms with E-state index in [1.165, 1.54) is 10.7 Å². The lowest BCUT2D eigenvalue weighted by Crippen LogP contribution is -2.69. The number of thioether (sulfide) groups is 1. The van der Waals surface area contributed by atoms with Crippen LogP contribution < -0.4 is 0 Å². The number of benzene rings is 1. The van der Waals surface area contributed by atoms with Crippen LogP contribution in [0.25, 0.3) is 5.69 Å². The Labute approximate surface area is 166 Å². The molecule has 0 N–H and O–H groups in total. The number of carbonyl (C=O) groups is 2. The van der Waals surface area contributed by atoms with Gasteiger partial charge in [-0.05, 0) is 12.1 Å². The maximum atomic E-state index is 14.0. The van der Waals surface area contributed by atoms with Gasteiger partial charge in [0.15, 0.2) is 0 Å². The Hall–Kier alpha value is -2.39. The van der Waals surface area contributed by atoms with Crippen LogP contribution in [0.1, 0.15) is 5.56 Å². The number of rotatable bonds is 3. The molecule has 4 heterocycles. The molecule has 3 fully saturated rings. The van der Waals surface area contributed by atoms with Gasteiger partial charge in [0.2, 0.25) is 11.8 Å². The second kappa shape index (κ2) is 6.89. The van der Waals surface area contributed by atoms with Crippen LogP contribution in [0.2, 0.25) is 0 Å². The van der Waals surface area contributed by atoms with Crippen LogP contribution in [0.4, 0.5) is 4.39 Å². The van der Waals surface area contributed by atoms with Crippen LogP contribution in [0.5, 0.6) is 0 Å². The third-order valence-electron chi connectivity index (χ3n) is 5.62. The topological polar surface area (TPSA) is 61.7 Å². The van der Waals surface area contributed by atoms with Crippen molar-refractivity contribution in [3.05, 3.63) is 48.0 Å². The zero-order chi connectivity index (χ0) is 19.3. The summed E-state index contributed by atoms with van der Waals surface area (Å²) in [6.45, 7) is 2.40. The molecular weight excluding hydrogens is 381 g/mol. The highest BCUT2D eigenvalue weighted by Crippen LogP contribution is 2.30. The van der Waals surface area contributed by atoms with Gasteiger partial charge in [0.05, 0.1) is 12.1 Å². The Morgan fingerprint density at radius 3 is 2.79 bits per heavy atom. The number of nitrogens with zero attached hydrogens (tertiary/aromatic N) is 5. The molecule has 5 rings (SSSR count). The van der Waals surface area contributed by atoms with Crippen molar-refractivity contribution in [2.75, 3.05) is 31.3 Å². The Balaban J connectivity index is 1.30. The molecule has 9 heteroatoms. The van der Waals surface area contributed by atoms with E-state index in [0.717, 1.165) is 5.56 Å². The summed E-state index contributed by atoms with van der Waals surface area (Å²) in [4.78, 5) is 31.2. The molecule has 0 aliphatic carbocycles. The molecule has 146 valence electrons. The molecule has 1 aromatic carbocycles. The highest BCUT2D eigenvalue weighted by Gasteiger charge is 2.49. The predicted molar refractivity (Wildman–Crippen MR) is 102 cm³/mol. The molecule has 0 spiro atoms. The maximum absolute atomic E-state index is 14.0. The monoisotopic (exact) mass is 401 g/mol. The van der Waals surface area contributed by atoms with E-state index < -0.39 is 6.04 Å². The highest BCUT2D eigenvalue weighted by molar-refractivity contribution is 7.99. The summed E-state index contributed by atoms with van der Waals surface area (Å²) >= 11 is 1.64. The summed E-state index contributed by atoms with van der Waals surface area (Å²) in [6.07, 6.45) is 3.53. The van der Waals surface area contributed by atoms with E-state index in [4.69, 9.17) is 0 Å². The summed E-state index contributed by atoms with van der Waals surface area (Å²) in [5.74, 6) is 1.12. The van der Waals surface area contributed by atoms with E-state index >= 15 is 0 Å². The third kappa shape index (κ3) is 2.89. The van der Waals surface area contributed by atoms with Crippen molar-refractivity contribution in [1.29, 1.82) is 0 Å². The van der Waals surface area contributed by atoms with Gasteiger partial charge in [-0.15, -0.1) is 11.8 Å². The first kappa shape index (κ1) is 17.7. The number of carbonyl (C=O) groups excluding carboxylic acids is 2. The SMILES string of the molecule is O=C1[C@@H]2CSCN2C(=O)[C@H]2CN(Cc3cnn(-c4ccccc4F)c3)CCN12. The smallest absolute Gasteiger partial charge is 0.248 e. The number of hydrogen-bond acceptors (Lipinski definition) is 5. The minimum atomic E-state index is -0.405. The van der Waals surface area contributed by atoms with E-state index in [1.54, 1.807) is 46.0 Å². The molecule has 3 saturated heterocycles. The number of amides is 2. The molecule has 7 nitrogen and oxygen atoms in total. The normalized spacial score (nSPS) is 25.2.